The van der Waals surface area contributed by atoms with Gasteiger partial charge in [-0.25, -0.2) is 4.98 Å². The number of aromatic nitrogens is 1. The van der Waals surface area contributed by atoms with Gasteiger partial charge in [0, 0.05) is 24.6 Å². The minimum atomic E-state index is 0.117. The van der Waals surface area contributed by atoms with Crippen molar-refractivity contribution in [2.75, 3.05) is 6.54 Å². The predicted molar refractivity (Wildman–Crippen MR) is 52.3 cm³/mol. The Morgan fingerprint density at radius 2 is 2.38 bits per heavy atom. The summed E-state index contributed by atoms with van der Waals surface area (Å²) in [5.74, 6) is 0.358. The maximum Gasteiger partial charge on any atom is 0.220 e. The van der Waals surface area contributed by atoms with Gasteiger partial charge in [0.15, 0.2) is 0 Å². The van der Waals surface area contributed by atoms with E-state index in [1.807, 2.05) is 18.2 Å². The highest BCUT2D eigenvalue weighted by Crippen LogP contribution is 2.22. The van der Waals surface area contributed by atoms with E-state index in [1.54, 1.807) is 0 Å². The number of nitrogens with one attached hydrogen (secondary N) is 1. The van der Waals surface area contributed by atoms with Gasteiger partial charge in [-0.3, -0.25) is 4.79 Å². The third-order valence-electron chi connectivity index (χ3n) is 2.13. The van der Waals surface area contributed by atoms with Gasteiger partial charge in [0.25, 0.3) is 0 Å². The summed E-state index contributed by atoms with van der Waals surface area (Å²) in [7, 11) is 0. The van der Waals surface area contributed by atoms with Gasteiger partial charge in [-0.2, -0.15) is 0 Å². The number of pyridine rings is 1. The van der Waals surface area contributed by atoms with Crippen LogP contribution in [-0.4, -0.2) is 17.4 Å². The largest absolute Gasteiger partial charge is 0.355 e. The van der Waals surface area contributed by atoms with Crippen molar-refractivity contribution < 1.29 is 4.79 Å². The quantitative estimate of drug-likeness (QED) is 0.756. The third kappa shape index (κ3) is 1.88. The number of nitrogens with zero attached hydrogens (tertiary/aromatic N) is 1. The fourth-order valence-corrected chi connectivity index (χ4v) is 1.82. The number of amides is 1. The van der Waals surface area contributed by atoms with Gasteiger partial charge < -0.3 is 5.32 Å². The molecular formula is C9H9BrN2O. The average Bonchev–Trinajstić information content (AvgIpc) is 2.52. The van der Waals surface area contributed by atoms with Gasteiger partial charge in [0.2, 0.25) is 5.91 Å². The molecule has 4 heteroatoms. The molecule has 1 atom stereocenters. The lowest BCUT2D eigenvalue weighted by Crippen LogP contribution is -2.13. The number of carbonyl (C=O) groups is 1. The molecule has 0 aromatic carbocycles. The van der Waals surface area contributed by atoms with Crippen LogP contribution in [0.15, 0.2) is 22.8 Å². The minimum absolute atomic E-state index is 0.117. The standard InChI is InChI=1S/C9H9BrN2O/c10-8-3-1-2-7(12-8)6-4-9(13)11-5-6/h1-3,6H,4-5H2,(H,11,13). The van der Waals surface area contributed by atoms with Crippen molar-refractivity contribution in [3.63, 3.8) is 0 Å². The first-order valence-electron chi connectivity index (χ1n) is 4.15. The summed E-state index contributed by atoms with van der Waals surface area (Å²) in [6.45, 7) is 0.711. The number of hydrogen-bond acceptors (Lipinski definition) is 2. The van der Waals surface area contributed by atoms with Crippen LogP contribution < -0.4 is 5.32 Å². The van der Waals surface area contributed by atoms with Gasteiger partial charge in [0.1, 0.15) is 4.60 Å². The first kappa shape index (κ1) is 8.69. The lowest BCUT2D eigenvalue weighted by Gasteiger charge is -2.05. The molecule has 1 aromatic rings. The van der Waals surface area contributed by atoms with Crippen molar-refractivity contribution >= 4 is 21.8 Å². The predicted octanol–water partition coefficient (Wildman–Crippen LogP) is 1.45. The van der Waals surface area contributed by atoms with E-state index in [4.69, 9.17) is 0 Å². The smallest absolute Gasteiger partial charge is 0.220 e. The van der Waals surface area contributed by atoms with Crippen LogP contribution in [0.4, 0.5) is 0 Å². The fourth-order valence-electron chi connectivity index (χ4n) is 1.47. The summed E-state index contributed by atoms with van der Waals surface area (Å²) in [6.07, 6.45) is 0.559. The van der Waals surface area contributed by atoms with E-state index in [9.17, 15) is 4.79 Å². The summed E-state index contributed by atoms with van der Waals surface area (Å²) >= 11 is 3.31. The van der Waals surface area contributed by atoms with Gasteiger partial charge >= 0.3 is 0 Å². The van der Waals surface area contributed by atoms with Gasteiger partial charge in [-0.15, -0.1) is 0 Å². The lowest BCUT2D eigenvalue weighted by molar-refractivity contribution is -0.119. The van der Waals surface area contributed by atoms with E-state index in [2.05, 4.69) is 26.2 Å². The molecule has 3 nitrogen and oxygen atoms in total. The Labute approximate surface area is 84.7 Å². The average molecular weight is 241 g/mol. The molecule has 1 amide bonds. The van der Waals surface area contributed by atoms with Crippen molar-refractivity contribution in [3.8, 4) is 0 Å². The van der Waals surface area contributed by atoms with Crippen molar-refractivity contribution in [2.45, 2.75) is 12.3 Å². The highest BCUT2D eigenvalue weighted by atomic mass is 79.9. The Kier molecular flexibility index (Phi) is 2.31. The zero-order valence-electron chi connectivity index (χ0n) is 6.96. The SMILES string of the molecule is O=C1CC(c2cccc(Br)n2)CN1. The second-order valence-electron chi connectivity index (χ2n) is 3.09. The minimum Gasteiger partial charge on any atom is -0.355 e. The summed E-state index contributed by atoms with van der Waals surface area (Å²) in [5, 5.41) is 2.79. The molecule has 1 aromatic heterocycles. The first-order valence-corrected chi connectivity index (χ1v) is 4.94. The maximum absolute atomic E-state index is 11.0. The molecule has 1 aliphatic heterocycles. The molecule has 1 unspecified atom stereocenters. The van der Waals surface area contributed by atoms with Gasteiger partial charge in [-0.1, -0.05) is 6.07 Å². The van der Waals surface area contributed by atoms with Crippen LogP contribution in [0, 0.1) is 0 Å². The number of carbonyl (C=O) groups excluding carboxylic acids is 1. The summed E-state index contributed by atoms with van der Waals surface area (Å²) in [5.41, 5.74) is 0.979. The summed E-state index contributed by atoms with van der Waals surface area (Å²) < 4.78 is 0.823. The number of hydrogen-bond donors (Lipinski definition) is 1. The molecule has 0 bridgehead atoms. The lowest BCUT2D eigenvalue weighted by atomic mass is 10.0. The molecule has 2 heterocycles. The molecule has 13 heavy (non-hydrogen) atoms. The molecule has 1 aliphatic rings. The van der Waals surface area contributed by atoms with Crippen LogP contribution in [0.3, 0.4) is 0 Å². The first-order chi connectivity index (χ1) is 6.25. The van der Waals surface area contributed by atoms with Crippen LogP contribution in [0.25, 0.3) is 0 Å². The van der Waals surface area contributed by atoms with Crippen LogP contribution in [0.5, 0.6) is 0 Å². The van der Waals surface area contributed by atoms with Crippen LogP contribution >= 0.6 is 15.9 Å². The number of halogens is 1. The Morgan fingerprint density at radius 3 is 3.00 bits per heavy atom. The number of rotatable bonds is 1. The Bertz CT molecular complexity index is 340. The molecule has 0 aliphatic carbocycles. The molecule has 0 saturated carbocycles. The van der Waals surface area contributed by atoms with Crippen molar-refractivity contribution in [2.24, 2.45) is 0 Å². The molecule has 0 radical (unpaired) electrons. The fraction of sp³-hybridized carbons (Fsp3) is 0.333. The van der Waals surface area contributed by atoms with Gasteiger partial charge in [-0.05, 0) is 28.1 Å². The second kappa shape index (κ2) is 3.46. The zero-order chi connectivity index (χ0) is 9.26. The van der Waals surface area contributed by atoms with E-state index < -0.39 is 0 Å². The van der Waals surface area contributed by atoms with Crippen molar-refractivity contribution in [1.82, 2.24) is 10.3 Å². The Balaban J connectivity index is 2.21. The highest BCUT2D eigenvalue weighted by molar-refractivity contribution is 9.10. The topological polar surface area (TPSA) is 42.0 Å². The summed E-state index contributed by atoms with van der Waals surface area (Å²) in [6, 6.07) is 5.78. The van der Waals surface area contributed by atoms with E-state index in [-0.39, 0.29) is 11.8 Å². The second-order valence-corrected chi connectivity index (χ2v) is 3.90. The molecule has 1 saturated heterocycles. The molecule has 1 fully saturated rings. The normalized spacial score (nSPS) is 21.6. The molecular weight excluding hydrogens is 232 g/mol. The van der Waals surface area contributed by atoms with Crippen LogP contribution in [-0.2, 0) is 4.79 Å². The Hall–Kier alpha value is -0.900. The molecule has 2 rings (SSSR count). The molecule has 0 spiro atoms. The van der Waals surface area contributed by atoms with Crippen molar-refractivity contribution in [1.29, 1.82) is 0 Å². The maximum atomic E-state index is 11.0. The Morgan fingerprint density at radius 1 is 1.54 bits per heavy atom. The monoisotopic (exact) mass is 240 g/mol. The van der Waals surface area contributed by atoms with Crippen molar-refractivity contribution in [3.05, 3.63) is 28.5 Å². The third-order valence-corrected chi connectivity index (χ3v) is 2.57. The highest BCUT2D eigenvalue weighted by Gasteiger charge is 2.23. The van der Waals surface area contributed by atoms with Crippen LogP contribution in [0.1, 0.15) is 18.0 Å². The van der Waals surface area contributed by atoms with E-state index >= 15 is 0 Å². The zero-order valence-corrected chi connectivity index (χ0v) is 8.54. The summed E-state index contributed by atoms with van der Waals surface area (Å²) in [4.78, 5) is 15.3. The molecule has 68 valence electrons. The molecule has 1 N–H and O–H groups in total. The van der Waals surface area contributed by atoms with E-state index in [1.165, 1.54) is 0 Å². The van der Waals surface area contributed by atoms with E-state index in [0.717, 1.165) is 10.3 Å². The van der Waals surface area contributed by atoms with Gasteiger partial charge in [0.05, 0.1) is 0 Å². The van der Waals surface area contributed by atoms with Crippen LogP contribution in [0.2, 0.25) is 0 Å². The van der Waals surface area contributed by atoms with E-state index in [0.29, 0.717) is 13.0 Å².